The highest BCUT2D eigenvalue weighted by molar-refractivity contribution is 5.92. The number of nitrogens with zero attached hydrogens (tertiary/aromatic N) is 3. The summed E-state index contributed by atoms with van der Waals surface area (Å²) < 4.78 is 10.5. The highest BCUT2D eigenvalue weighted by atomic mass is 16.5. The van der Waals surface area contributed by atoms with Gasteiger partial charge < -0.3 is 19.3 Å². The van der Waals surface area contributed by atoms with Crippen molar-refractivity contribution >= 4 is 11.8 Å². The molecule has 2 amide bonds. The van der Waals surface area contributed by atoms with Crippen molar-refractivity contribution in [3.05, 3.63) is 51.9 Å². The number of H-pyrrole nitrogens is 1. The van der Waals surface area contributed by atoms with E-state index in [1.165, 1.54) is 12.1 Å². The van der Waals surface area contributed by atoms with Crippen molar-refractivity contribution in [2.24, 2.45) is 0 Å². The zero-order chi connectivity index (χ0) is 20.8. The third kappa shape index (κ3) is 4.92. The number of rotatable bonds is 6. The Labute approximate surface area is 168 Å². The van der Waals surface area contributed by atoms with E-state index in [1.54, 1.807) is 24.0 Å². The maximum absolute atomic E-state index is 12.5. The van der Waals surface area contributed by atoms with Crippen molar-refractivity contribution in [3.63, 3.8) is 0 Å². The fraction of sp³-hybridized carbons (Fsp3) is 0.400. The monoisotopic (exact) mass is 400 g/mol. The minimum Gasteiger partial charge on any atom is -0.493 e. The average Bonchev–Trinajstić information content (AvgIpc) is 2.77. The number of aromatic nitrogens is 2. The van der Waals surface area contributed by atoms with Gasteiger partial charge in [-0.15, -0.1) is 0 Å². The molecule has 1 aliphatic heterocycles. The van der Waals surface area contributed by atoms with Gasteiger partial charge in [-0.2, -0.15) is 5.10 Å². The van der Waals surface area contributed by atoms with Crippen LogP contribution in [0.4, 0.5) is 0 Å². The second kappa shape index (κ2) is 9.22. The first-order chi connectivity index (χ1) is 14.0. The zero-order valence-corrected chi connectivity index (χ0v) is 16.5. The van der Waals surface area contributed by atoms with E-state index in [0.29, 0.717) is 50.5 Å². The molecule has 29 heavy (non-hydrogen) atoms. The summed E-state index contributed by atoms with van der Waals surface area (Å²) in [4.78, 5) is 39.5. The average molecular weight is 400 g/mol. The molecule has 9 nitrogen and oxygen atoms in total. The number of nitrogens with one attached hydrogen (secondary N) is 1. The lowest BCUT2D eigenvalue weighted by Crippen LogP contribution is -2.50. The molecule has 0 spiro atoms. The number of hydrogen-bond acceptors (Lipinski definition) is 6. The van der Waals surface area contributed by atoms with E-state index in [2.05, 4.69) is 10.2 Å². The first kappa shape index (κ1) is 20.4. The van der Waals surface area contributed by atoms with Crippen molar-refractivity contribution in [2.45, 2.75) is 12.8 Å². The van der Waals surface area contributed by atoms with Crippen LogP contribution in [0.25, 0.3) is 0 Å². The molecule has 154 valence electrons. The second-order valence-electron chi connectivity index (χ2n) is 6.67. The summed E-state index contributed by atoms with van der Waals surface area (Å²) in [6.07, 6.45) is 0.977. The van der Waals surface area contributed by atoms with Gasteiger partial charge >= 0.3 is 0 Å². The molecule has 0 unspecified atom stereocenters. The minimum absolute atomic E-state index is 0.0500. The number of carbonyl (C=O) groups is 2. The Bertz CT molecular complexity index is 914. The fourth-order valence-corrected chi connectivity index (χ4v) is 3.23. The summed E-state index contributed by atoms with van der Waals surface area (Å²) in [5.74, 6) is 1.09. The van der Waals surface area contributed by atoms with Gasteiger partial charge in [0.25, 0.3) is 11.5 Å². The molecule has 0 atom stereocenters. The van der Waals surface area contributed by atoms with Crippen molar-refractivity contribution < 1.29 is 19.1 Å². The Morgan fingerprint density at radius 3 is 2.31 bits per heavy atom. The number of amides is 2. The van der Waals surface area contributed by atoms with Gasteiger partial charge in [-0.3, -0.25) is 14.4 Å². The molecular formula is C20H24N4O5. The van der Waals surface area contributed by atoms with Crippen LogP contribution in [-0.2, 0) is 11.2 Å². The van der Waals surface area contributed by atoms with Crippen molar-refractivity contribution in [1.29, 1.82) is 0 Å². The van der Waals surface area contributed by atoms with Crippen molar-refractivity contribution in [2.75, 3.05) is 40.4 Å². The van der Waals surface area contributed by atoms with E-state index in [4.69, 9.17) is 9.47 Å². The summed E-state index contributed by atoms with van der Waals surface area (Å²) in [6.45, 7) is 1.81. The molecule has 1 aliphatic rings. The molecular weight excluding hydrogens is 376 g/mol. The van der Waals surface area contributed by atoms with Gasteiger partial charge in [-0.05, 0) is 30.2 Å². The van der Waals surface area contributed by atoms with E-state index < -0.39 is 0 Å². The van der Waals surface area contributed by atoms with Crippen LogP contribution in [0.3, 0.4) is 0 Å². The van der Waals surface area contributed by atoms with Crippen LogP contribution in [0.2, 0.25) is 0 Å². The lowest BCUT2D eigenvalue weighted by atomic mass is 10.1. The lowest BCUT2D eigenvalue weighted by molar-refractivity contribution is -0.132. The van der Waals surface area contributed by atoms with Crippen LogP contribution in [0, 0.1) is 0 Å². The highest BCUT2D eigenvalue weighted by Gasteiger charge is 2.25. The quantitative estimate of drug-likeness (QED) is 0.766. The molecule has 3 rings (SSSR count). The van der Waals surface area contributed by atoms with Crippen LogP contribution in [0.5, 0.6) is 11.5 Å². The zero-order valence-electron chi connectivity index (χ0n) is 16.5. The van der Waals surface area contributed by atoms with Crippen molar-refractivity contribution in [1.82, 2.24) is 20.0 Å². The molecule has 0 bridgehead atoms. The number of piperazine rings is 1. The van der Waals surface area contributed by atoms with Gasteiger partial charge in [-0.25, -0.2) is 5.10 Å². The third-order valence-corrected chi connectivity index (χ3v) is 4.89. The maximum atomic E-state index is 12.5. The molecule has 0 saturated carbocycles. The summed E-state index contributed by atoms with van der Waals surface area (Å²) in [7, 11) is 3.16. The van der Waals surface area contributed by atoms with Crippen LogP contribution in [-0.4, -0.2) is 72.2 Å². The molecule has 1 aromatic heterocycles. The maximum Gasteiger partial charge on any atom is 0.274 e. The van der Waals surface area contributed by atoms with Gasteiger partial charge in [0.15, 0.2) is 11.5 Å². The predicted molar refractivity (Wildman–Crippen MR) is 105 cm³/mol. The predicted octanol–water partition coefficient (Wildman–Crippen LogP) is 0.704. The molecule has 9 heteroatoms. The van der Waals surface area contributed by atoms with E-state index in [1.807, 2.05) is 18.2 Å². The first-order valence-electron chi connectivity index (χ1n) is 9.35. The molecule has 0 aliphatic carbocycles. The summed E-state index contributed by atoms with van der Waals surface area (Å²) in [5, 5.41) is 6.03. The van der Waals surface area contributed by atoms with E-state index in [9.17, 15) is 14.4 Å². The normalized spacial score (nSPS) is 13.9. The number of ether oxygens (including phenoxy) is 2. The number of carbonyl (C=O) groups excluding carboxylic acids is 2. The van der Waals surface area contributed by atoms with E-state index in [0.717, 1.165) is 5.56 Å². The number of aromatic amines is 1. The fourth-order valence-electron chi connectivity index (χ4n) is 3.23. The van der Waals surface area contributed by atoms with Crippen LogP contribution < -0.4 is 15.0 Å². The van der Waals surface area contributed by atoms with E-state index >= 15 is 0 Å². The Hall–Kier alpha value is -3.36. The van der Waals surface area contributed by atoms with Gasteiger partial charge in [0.2, 0.25) is 5.91 Å². The summed E-state index contributed by atoms with van der Waals surface area (Å²) in [5.41, 5.74) is 0.832. The summed E-state index contributed by atoms with van der Waals surface area (Å²) >= 11 is 0. The largest absolute Gasteiger partial charge is 0.493 e. The Balaban J connectivity index is 1.50. The number of aryl methyl sites for hydroxylation is 1. The van der Waals surface area contributed by atoms with Crippen LogP contribution in [0.1, 0.15) is 22.5 Å². The molecule has 1 saturated heterocycles. The highest BCUT2D eigenvalue weighted by Crippen LogP contribution is 2.28. The smallest absolute Gasteiger partial charge is 0.274 e. The first-order valence-corrected chi connectivity index (χ1v) is 9.35. The number of hydrogen-bond donors (Lipinski definition) is 1. The van der Waals surface area contributed by atoms with E-state index in [-0.39, 0.29) is 23.1 Å². The molecule has 2 heterocycles. The molecule has 0 radical (unpaired) electrons. The van der Waals surface area contributed by atoms with Crippen LogP contribution >= 0.6 is 0 Å². The number of methoxy groups -OCH3 is 2. The van der Waals surface area contributed by atoms with Gasteiger partial charge in [0.05, 0.1) is 14.2 Å². The molecule has 1 aromatic carbocycles. The Morgan fingerprint density at radius 1 is 1.00 bits per heavy atom. The Morgan fingerprint density at radius 2 is 1.69 bits per heavy atom. The molecule has 1 N–H and O–H groups in total. The molecule has 1 fully saturated rings. The topological polar surface area (TPSA) is 105 Å². The Kier molecular flexibility index (Phi) is 6.48. The summed E-state index contributed by atoms with van der Waals surface area (Å²) in [6, 6.07) is 8.30. The van der Waals surface area contributed by atoms with Crippen molar-refractivity contribution in [3.8, 4) is 11.5 Å². The van der Waals surface area contributed by atoms with Gasteiger partial charge in [0.1, 0.15) is 5.69 Å². The van der Waals surface area contributed by atoms with Gasteiger partial charge in [-0.1, -0.05) is 6.07 Å². The minimum atomic E-state index is -0.355. The van der Waals surface area contributed by atoms with Crippen LogP contribution in [0.15, 0.2) is 35.1 Å². The SMILES string of the molecule is COc1ccc(CCC(=O)N2CCN(C(=O)c3ccc(=O)[nH]n3)CC2)cc1OC. The standard InChI is InChI=1S/C20H24N4O5/c1-28-16-6-3-14(13-17(16)29-2)4-8-19(26)23-9-11-24(12-10-23)20(27)15-5-7-18(25)22-21-15/h3,5-7,13H,4,8-12H2,1-2H3,(H,22,25). The third-order valence-electron chi connectivity index (χ3n) is 4.89. The number of benzene rings is 1. The van der Waals surface area contributed by atoms with Gasteiger partial charge in [0, 0.05) is 38.7 Å². The molecule has 2 aromatic rings. The second-order valence-corrected chi connectivity index (χ2v) is 6.67. The lowest BCUT2D eigenvalue weighted by Gasteiger charge is -2.34.